The zero-order valence-electron chi connectivity index (χ0n) is 15.6. The number of imide groups is 1. The summed E-state index contributed by atoms with van der Waals surface area (Å²) in [7, 11) is 1.41. The molecule has 3 aromatic rings. The molecule has 0 fully saturated rings. The molecule has 0 aliphatic carbocycles. The van der Waals surface area contributed by atoms with Crippen LogP contribution in [0.15, 0.2) is 60.7 Å². The number of nitrogens with one attached hydrogen (secondary N) is 1. The molecule has 8 heteroatoms. The van der Waals surface area contributed by atoms with Crippen molar-refractivity contribution in [3.63, 3.8) is 0 Å². The summed E-state index contributed by atoms with van der Waals surface area (Å²) >= 11 is 12.0. The Balaban J connectivity index is 1.65. The highest BCUT2D eigenvalue weighted by Crippen LogP contribution is 2.36. The number of halogens is 2. The van der Waals surface area contributed by atoms with Crippen LogP contribution >= 0.6 is 23.2 Å². The van der Waals surface area contributed by atoms with E-state index in [2.05, 4.69) is 5.32 Å². The van der Waals surface area contributed by atoms with Gasteiger partial charge < -0.3 is 10.1 Å². The van der Waals surface area contributed by atoms with Crippen LogP contribution in [0.3, 0.4) is 0 Å². The molecule has 0 radical (unpaired) electrons. The number of hydrogen-bond acceptors (Lipinski definition) is 4. The Labute approximate surface area is 182 Å². The van der Waals surface area contributed by atoms with Crippen LogP contribution in [0.25, 0.3) is 0 Å². The highest BCUT2D eigenvalue weighted by molar-refractivity contribution is 6.36. The molecule has 150 valence electrons. The van der Waals surface area contributed by atoms with Gasteiger partial charge in [-0.1, -0.05) is 35.3 Å². The molecular weight excluding hydrogens is 427 g/mol. The van der Waals surface area contributed by atoms with E-state index in [1.54, 1.807) is 36.4 Å². The lowest BCUT2D eigenvalue weighted by Crippen LogP contribution is -2.29. The third-order valence-corrected chi connectivity index (χ3v) is 5.21. The van der Waals surface area contributed by atoms with Crippen molar-refractivity contribution in [2.45, 2.75) is 0 Å². The zero-order valence-corrected chi connectivity index (χ0v) is 17.1. The van der Waals surface area contributed by atoms with E-state index in [0.717, 1.165) is 4.90 Å². The Morgan fingerprint density at radius 3 is 2.23 bits per heavy atom. The summed E-state index contributed by atoms with van der Waals surface area (Å²) in [5.74, 6) is -1.08. The normalized spacial score (nSPS) is 12.7. The van der Waals surface area contributed by atoms with Crippen LogP contribution in [0.5, 0.6) is 5.75 Å². The number of carbonyl (C=O) groups is 3. The lowest BCUT2D eigenvalue weighted by molar-refractivity contribution is 0.0923. The summed E-state index contributed by atoms with van der Waals surface area (Å²) in [5, 5.41) is 3.34. The molecule has 4 rings (SSSR count). The fourth-order valence-corrected chi connectivity index (χ4v) is 3.59. The molecule has 0 unspecified atom stereocenters. The maximum absolute atomic E-state index is 12.7. The molecule has 0 spiro atoms. The molecule has 3 aromatic carbocycles. The summed E-state index contributed by atoms with van der Waals surface area (Å²) in [6.07, 6.45) is 0. The molecule has 0 aromatic heterocycles. The molecule has 1 heterocycles. The van der Waals surface area contributed by atoms with Gasteiger partial charge in [0.25, 0.3) is 17.7 Å². The van der Waals surface area contributed by atoms with Gasteiger partial charge in [0.1, 0.15) is 5.75 Å². The molecule has 0 saturated heterocycles. The maximum atomic E-state index is 12.7. The fourth-order valence-electron chi connectivity index (χ4n) is 3.22. The summed E-state index contributed by atoms with van der Waals surface area (Å²) < 4.78 is 5.38. The van der Waals surface area contributed by atoms with Gasteiger partial charge in [-0.15, -0.1) is 0 Å². The molecule has 30 heavy (non-hydrogen) atoms. The van der Waals surface area contributed by atoms with Crippen molar-refractivity contribution in [2.75, 3.05) is 17.3 Å². The van der Waals surface area contributed by atoms with E-state index in [4.69, 9.17) is 27.9 Å². The second-order valence-corrected chi connectivity index (χ2v) is 7.30. The average molecular weight is 441 g/mol. The van der Waals surface area contributed by atoms with Crippen molar-refractivity contribution in [3.8, 4) is 5.75 Å². The molecule has 0 atom stereocenters. The summed E-state index contributed by atoms with van der Waals surface area (Å²) in [4.78, 5) is 39.1. The Bertz CT molecular complexity index is 1170. The van der Waals surface area contributed by atoms with Gasteiger partial charge in [0, 0.05) is 16.8 Å². The van der Waals surface area contributed by atoms with Crippen LogP contribution in [0.2, 0.25) is 10.0 Å². The molecule has 6 nitrogen and oxygen atoms in total. The zero-order chi connectivity index (χ0) is 21.4. The molecule has 1 aliphatic heterocycles. The predicted molar refractivity (Wildman–Crippen MR) is 115 cm³/mol. The van der Waals surface area contributed by atoms with E-state index in [-0.39, 0.29) is 22.0 Å². The fraction of sp³-hybridized carbons (Fsp3) is 0.0455. The Hall–Kier alpha value is -3.35. The summed E-state index contributed by atoms with van der Waals surface area (Å²) in [6, 6.07) is 15.8. The first-order valence-corrected chi connectivity index (χ1v) is 9.58. The third-order valence-electron chi connectivity index (χ3n) is 4.65. The van der Waals surface area contributed by atoms with Gasteiger partial charge >= 0.3 is 0 Å². The number of nitrogens with zero attached hydrogens (tertiary/aromatic N) is 1. The van der Waals surface area contributed by atoms with Crippen LogP contribution in [0.1, 0.15) is 31.1 Å². The first-order chi connectivity index (χ1) is 14.4. The lowest BCUT2D eigenvalue weighted by Gasteiger charge is -2.18. The SMILES string of the molecule is COc1cc(NC(=O)c2cc(Cl)ccc2Cl)ccc1N1C(=O)c2ccccc2C1=O. The first kappa shape index (κ1) is 19.9. The maximum Gasteiger partial charge on any atom is 0.266 e. The topological polar surface area (TPSA) is 75.7 Å². The standard InChI is InChI=1S/C22H14Cl2N2O4/c1-30-19-11-13(25-20(27)16-10-12(23)6-8-17(16)24)7-9-18(19)26-21(28)14-4-2-3-5-15(14)22(26)29/h2-11H,1H3,(H,25,27). The second kappa shape index (κ2) is 7.82. The van der Waals surface area contributed by atoms with Gasteiger partial charge in [-0.3, -0.25) is 14.4 Å². The number of hydrogen-bond donors (Lipinski definition) is 1. The van der Waals surface area contributed by atoms with Crippen LogP contribution < -0.4 is 15.0 Å². The Morgan fingerprint density at radius 1 is 0.933 bits per heavy atom. The van der Waals surface area contributed by atoms with E-state index in [9.17, 15) is 14.4 Å². The second-order valence-electron chi connectivity index (χ2n) is 6.46. The number of rotatable bonds is 4. The lowest BCUT2D eigenvalue weighted by atomic mass is 10.1. The quantitative estimate of drug-likeness (QED) is 0.575. The number of benzene rings is 3. The van der Waals surface area contributed by atoms with Gasteiger partial charge in [-0.05, 0) is 42.5 Å². The molecule has 3 amide bonds. The highest BCUT2D eigenvalue weighted by atomic mass is 35.5. The predicted octanol–water partition coefficient (Wildman–Crippen LogP) is 5.05. The van der Waals surface area contributed by atoms with E-state index in [1.807, 2.05) is 0 Å². The minimum Gasteiger partial charge on any atom is -0.494 e. The molecule has 0 bridgehead atoms. The van der Waals surface area contributed by atoms with Gasteiger partial charge in [0.2, 0.25) is 0 Å². The van der Waals surface area contributed by atoms with Crippen LogP contribution in [-0.2, 0) is 0 Å². The number of carbonyl (C=O) groups excluding carboxylic acids is 3. The summed E-state index contributed by atoms with van der Waals surface area (Å²) in [6.45, 7) is 0. The largest absolute Gasteiger partial charge is 0.494 e. The van der Waals surface area contributed by atoms with Gasteiger partial charge in [0.05, 0.1) is 34.5 Å². The monoisotopic (exact) mass is 440 g/mol. The number of amides is 3. The van der Waals surface area contributed by atoms with Crippen LogP contribution in [0, 0.1) is 0 Å². The number of anilines is 2. The molecule has 0 saturated carbocycles. The molecule has 1 aliphatic rings. The summed E-state index contributed by atoms with van der Waals surface area (Å²) in [5.41, 5.74) is 1.55. The van der Waals surface area contributed by atoms with E-state index < -0.39 is 17.7 Å². The van der Waals surface area contributed by atoms with Crippen molar-refractivity contribution in [1.82, 2.24) is 0 Å². The number of methoxy groups -OCH3 is 1. The van der Waals surface area contributed by atoms with E-state index in [1.165, 1.54) is 31.4 Å². The van der Waals surface area contributed by atoms with Crippen molar-refractivity contribution >= 4 is 52.3 Å². The Kier molecular flexibility index (Phi) is 5.20. The molecular formula is C22H14Cl2N2O4. The van der Waals surface area contributed by atoms with E-state index in [0.29, 0.717) is 21.8 Å². The van der Waals surface area contributed by atoms with Crippen molar-refractivity contribution < 1.29 is 19.1 Å². The van der Waals surface area contributed by atoms with Gasteiger partial charge in [-0.2, -0.15) is 0 Å². The van der Waals surface area contributed by atoms with Crippen LogP contribution in [-0.4, -0.2) is 24.8 Å². The highest BCUT2D eigenvalue weighted by Gasteiger charge is 2.37. The smallest absolute Gasteiger partial charge is 0.266 e. The number of fused-ring (bicyclic) bond motifs is 1. The average Bonchev–Trinajstić information content (AvgIpc) is 3.00. The third kappa shape index (κ3) is 3.40. The van der Waals surface area contributed by atoms with E-state index >= 15 is 0 Å². The van der Waals surface area contributed by atoms with Gasteiger partial charge in [-0.25, -0.2) is 4.90 Å². The van der Waals surface area contributed by atoms with Gasteiger partial charge in [0.15, 0.2) is 0 Å². The Morgan fingerprint density at radius 2 is 1.60 bits per heavy atom. The van der Waals surface area contributed by atoms with Crippen molar-refractivity contribution in [3.05, 3.63) is 87.4 Å². The minimum absolute atomic E-state index is 0.215. The number of ether oxygens (including phenoxy) is 1. The minimum atomic E-state index is -0.460. The van der Waals surface area contributed by atoms with Crippen molar-refractivity contribution in [2.24, 2.45) is 0 Å². The first-order valence-electron chi connectivity index (χ1n) is 8.83. The van der Waals surface area contributed by atoms with Crippen molar-refractivity contribution in [1.29, 1.82) is 0 Å². The molecule has 1 N–H and O–H groups in total. The van der Waals surface area contributed by atoms with Crippen LogP contribution in [0.4, 0.5) is 11.4 Å².